The van der Waals surface area contributed by atoms with Crippen molar-refractivity contribution in [2.75, 3.05) is 11.9 Å². The highest BCUT2D eigenvalue weighted by Gasteiger charge is 2.23. The van der Waals surface area contributed by atoms with Crippen LogP contribution in [0.4, 0.5) is 9.39 Å². The summed E-state index contributed by atoms with van der Waals surface area (Å²) >= 11 is 4.89. The molecule has 0 atom stereocenters. The molecule has 3 aromatic rings. The standard InChI is InChI=1S/C28H23BrFN3O3S/c1-2-35-24-13-18(12-23(29)26(24)36-16-17-6-5-7-20(30)11-17)10-19(14-31)27(34)33-28-22(15-32)21-8-3-4-9-25(21)37-28/h5-7,10-13H,2-4,8-9,16H2,1H3,(H,33,34)/b19-10+. The number of thiophene rings is 1. The lowest BCUT2D eigenvalue weighted by atomic mass is 9.96. The van der Waals surface area contributed by atoms with Gasteiger partial charge in [0.05, 0.1) is 16.6 Å². The maximum absolute atomic E-state index is 13.5. The van der Waals surface area contributed by atoms with E-state index in [1.807, 2.05) is 13.0 Å². The van der Waals surface area contributed by atoms with Crippen LogP contribution in [-0.2, 0) is 24.2 Å². The molecule has 0 fully saturated rings. The summed E-state index contributed by atoms with van der Waals surface area (Å²) < 4.78 is 25.7. The second-order valence-electron chi connectivity index (χ2n) is 8.33. The average Bonchev–Trinajstić information content (AvgIpc) is 3.23. The van der Waals surface area contributed by atoms with E-state index in [2.05, 4.69) is 27.3 Å². The number of hydrogen-bond donors (Lipinski definition) is 1. The predicted molar refractivity (Wildman–Crippen MR) is 144 cm³/mol. The number of nitrogens with one attached hydrogen (secondary N) is 1. The normalized spacial score (nSPS) is 12.7. The summed E-state index contributed by atoms with van der Waals surface area (Å²) in [5.74, 6) is -0.0975. The van der Waals surface area contributed by atoms with Gasteiger partial charge in [-0.15, -0.1) is 11.3 Å². The molecule has 9 heteroatoms. The number of nitriles is 2. The fourth-order valence-corrected chi connectivity index (χ4v) is 5.92. The van der Waals surface area contributed by atoms with Crippen molar-refractivity contribution in [3.05, 3.63) is 79.4 Å². The van der Waals surface area contributed by atoms with Gasteiger partial charge in [-0.3, -0.25) is 4.79 Å². The molecule has 1 N–H and O–H groups in total. The molecular weight excluding hydrogens is 557 g/mol. The molecule has 188 valence electrons. The van der Waals surface area contributed by atoms with E-state index in [1.54, 1.807) is 24.3 Å². The highest BCUT2D eigenvalue weighted by atomic mass is 79.9. The first-order valence-electron chi connectivity index (χ1n) is 11.7. The number of ether oxygens (including phenoxy) is 2. The molecule has 0 bridgehead atoms. The monoisotopic (exact) mass is 579 g/mol. The maximum atomic E-state index is 13.5. The Morgan fingerprint density at radius 1 is 1.22 bits per heavy atom. The molecule has 1 aliphatic rings. The van der Waals surface area contributed by atoms with Crippen LogP contribution in [-0.4, -0.2) is 12.5 Å². The van der Waals surface area contributed by atoms with Gasteiger partial charge in [-0.25, -0.2) is 4.39 Å². The summed E-state index contributed by atoms with van der Waals surface area (Å²) in [5, 5.41) is 22.6. The Morgan fingerprint density at radius 2 is 2.03 bits per heavy atom. The van der Waals surface area contributed by atoms with E-state index in [-0.39, 0.29) is 18.0 Å². The van der Waals surface area contributed by atoms with Crippen molar-refractivity contribution in [1.29, 1.82) is 10.5 Å². The van der Waals surface area contributed by atoms with E-state index in [0.717, 1.165) is 36.1 Å². The Balaban J connectivity index is 1.58. The molecule has 1 aliphatic carbocycles. The van der Waals surface area contributed by atoms with Crippen molar-refractivity contribution in [2.24, 2.45) is 0 Å². The number of amides is 1. The third-order valence-corrected chi connectivity index (χ3v) is 7.59. The van der Waals surface area contributed by atoms with Gasteiger partial charge in [0, 0.05) is 4.88 Å². The maximum Gasteiger partial charge on any atom is 0.266 e. The van der Waals surface area contributed by atoms with Gasteiger partial charge in [-0.2, -0.15) is 10.5 Å². The summed E-state index contributed by atoms with van der Waals surface area (Å²) in [6.07, 6.45) is 5.27. The van der Waals surface area contributed by atoms with Gasteiger partial charge in [0.25, 0.3) is 5.91 Å². The fraction of sp³-hybridized carbons (Fsp3) is 0.250. The van der Waals surface area contributed by atoms with E-state index >= 15 is 0 Å². The Kier molecular flexibility index (Phi) is 8.60. The molecule has 4 rings (SSSR count). The number of benzene rings is 2. The van der Waals surface area contributed by atoms with E-state index in [1.165, 1.54) is 29.5 Å². The first-order chi connectivity index (χ1) is 17.9. The molecule has 0 aliphatic heterocycles. The van der Waals surface area contributed by atoms with Crippen molar-refractivity contribution in [3.8, 4) is 23.6 Å². The third-order valence-electron chi connectivity index (χ3n) is 5.79. The minimum Gasteiger partial charge on any atom is -0.490 e. The molecule has 0 radical (unpaired) electrons. The largest absolute Gasteiger partial charge is 0.490 e. The Labute approximate surface area is 227 Å². The molecule has 1 heterocycles. The van der Waals surface area contributed by atoms with Crippen molar-refractivity contribution >= 4 is 44.3 Å². The lowest BCUT2D eigenvalue weighted by molar-refractivity contribution is -0.112. The zero-order valence-electron chi connectivity index (χ0n) is 20.1. The Bertz CT molecular complexity index is 1450. The minimum absolute atomic E-state index is 0.113. The van der Waals surface area contributed by atoms with Gasteiger partial charge in [-0.1, -0.05) is 12.1 Å². The summed E-state index contributed by atoms with van der Waals surface area (Å²) in [4.78, 5) is 14.1. The molecule has 0 spiro atoms. The van der Waals surface area contributed by atoms with Gasteiger partial charge in [0.15, 0.2) is 11.5 Å². The first kappa shape index (κ1) is 26.4. The van der Waals surface area contributed by atoms with Gasteiger partial charge in [0.1, 0.15) is 35.1 Å². The topological polar surface area (TPSA) is 95.1 Å². The summed E-state index contributed by atoms with van der Waals surface area (Å²) in [7, 11) is 0. The Hall–Kier alpha value is -3.66. The second-order valence-corrected chi connectivity index (χ2v) is 10.3. The molecule has 0 unspecified atom stereocenters. The van der Waals surface area contributed by atoms with Crippen LogP contribution in [0.5, 0.6) is 11.5 Å². The van der Waals surface area contributed by atoms with Crippen molar-refractivity contribution in [2.45, 2.75) is 39.2 Å². The van der Waals surface area contributed by atoms with Crippen LogP contribution in [0.25, 0.3) is 6.08 Å². The van der Waals surface area contributed by atoms with Crippen LogP contribution in [0, 0.1) is 28.5 Å². The number of carbonyl (C=O) groups excluding carboxylic acids is 1. The predicted octanol–water partition coefficient (Wildman–Crippen LogP) is 6.92. The second kappa shape index (κ2) is 12.1. The molecule has 1 aromatic heterocycles. The average molecular weight is 580 g/mol. The van der Waals surface area contributed by atoms with E-state index in [4.69, 9.17) is 9.47 Å². The number of fused-ring (bicyclic) bond motifs is 1. The van der Waals surface area contributed by atoms with Gasteiger partial charge in [0.2, 0.25) is 0 Å². The lowest BCUT2D eigenvalue weighted by Gasteiger charge is -2.15. The highest BCUT2D eigenvalue weighted by Crippen LogP contribution is 2.39. The van der Waals surface area contributed by atoms with E-state index in [0.29, 0.717) is 44.3 Å². The molecule has 37 heavy (non-hydrogen) atoms. The number of carbonyl (C=O) groups is 1. The minimum atomic E-state index is -0.585. The molecule has 6 nitrogen and oxygen atoms in total. The van der Waals surface area contributed by atoms with Crippen molar-refractivity contribution in [1.82, 2.24) is 0 Å². The number of hydrogen-bond acceptors (Lipinski definition) is 6. The van der Waals surface area contributed by atoms with Gasteiger partial charge in [-0.05, 0) is 95.6 Å². The van der Waals surface area contributed by atoms with Gasteiger partial charge < -0.3 is 14.8 Å². The van der Waals surface area contributed by atoms with Crippen LogP contribution < -0.4 is 14.8 Å². The summed E-state index contributed by atoms with van der Waals surface area (Å²) in [6.45, 7) is 2.32. The first-order valence-corrected chi connectivity index (χ1v) is 13.4. The molecule has 0 saturated carbocycles. The highest BCUT2D eigenvalue weighted by molar-refractivity contribution is 9.10. The van der Waals surface area contributed by atoms with Crippen LogP contribution in [0.2, 0.25) is 0 Å². The van der Waals surface area contributed by atoms with E-state index in [9.17, 15) is 19.7 Å². The van der Waals surface area contributed by atoms with Crippen LogP contribution in [0.15, 0.2) is 46.4 Å². The molecule has 1 amide bonds. The zero-order chi connectivity index (χ0) is 26.4. The molecule has 0 saturated heterocycles. The van der Waals surface area contributed by atoms with Crippen molar-refractivity contribution < 1.29 is 18.7 Å². The third kappa shape index (κ3) is 6.19. The fourth-order valence-electron chi connectivity index (χ4n) is 4.11. The van der Waals surface area contributed by atoms with Crippen LogP contribution in [0.1, 0.15) is 46.9 Å². The summed E-state index contributed by atoms with van der Waals surface area (Å²) in [6, 6.07) is 13.7. The molecular formula is C28H23BrFN3O3S. The smallest absolute Gasteiger partial charge is 0.266 e. The SMILES string of the molecule is CCOc1cc(/C=C(\C#N)C(=O)Nc2sc3c(c2C#N)CCCC3)cc(Br)c1OCc1cccc(F)c1. The number of rotatable bonds is 8. The number of anilines is 1. The lowest BCUT2D eigenvalue weighted by Crippen LogP contribution is -2.13. The van der Waals surface area contributed by atoms with Gasteiger partial charge >= 0.3 is 0 Å². The quantitative estimate of drug-likeness (QED) is 0.231. The Morgan fingerprint density at radius 3 is 2.76 bits per heavy atom. The zero-order valence-corrected chi connectivity index (χ0v) is 22.5. The number of halogens is 2. The van der Waals surface area contributed by atoms with Crippen LogP contribution >= 0.6 is 27.3 Å². The number of aryl methyl sites for hydroxylation is 1. The van der Waals surface area contributed by atoms with Crippen molar-refractivity contribution in [3.63, 3.8) is 0 Å². The van der Waals surface area contributed by atoms with Crippen LogP contribution in [0.3, 0.4) is 0 Å². The van der Waals surface area contributed by atoms with E-state index < -0.39 is 5.91 Å². The molecule has 2 aromatic carbocycles. The number of nitrogens with zero attached hydrogens (tertiary/aromatic N) is 2. The summed E-state index contributed by atoms with van der Waals surface area (Å²) in [5.41, 5.74) is 2.60.